The molecule has 2 aromatic heterocycles. The third kappa shape index (κ3) is 2.59. The number of benzene rings is 2. The molecule has 3 nitrogen and oxygen atoms in total. The summed E-state index contributed by atoms with van der Waals surface area (Å²) in [6, 6.07) is 14.6. The molecule has 25 heavy (non-hydrogen) atoms. The molecule has 4 aromatic rings. The van der Waals surface area contributed by atoms with Crippen LogP contribution in [0, 0.1) is 20.8 Å². The molecule has 0 fully saturated rings. The van der Waals surface area contributed by atoms with Gasteiger partial charge < -0.3 is 0 Å². The monoisotopic (exact) mass is 346 g/mol. The average molecular weight is 346 g/mol. The van der Waals surface area contributed by atoms with Gasteiger partial charge in [0.1, 0.15) is 11.4 Å². The molecule has 124 valence electrons. The molecule has 0 N–H and O–H groups in total. The largest absolute Gasteiger partial charge is 0.296 e. The Hall–Kier alpha value is -2.72. The minimum Gasteiger partial charge on any atom is -0.296 e. The van der Waals surface area contributed by atoms with E-state index in [2.05, 4.69) is 68.6 Å². The Kier molecular flexibility index (Phi) is 3.77. The van der Waals surface area contributed by atoms with Crippen molar-refractivity contribution in [3.05, 3.63) is 70.2 Å². The molecule has 4 heteroatoms. The van der Waals surface area contributed by atoms with Crippen LogP contribution in [-0.4, -0.2) is 15.7 Å². The third-order valence-electron chi connectivity index (χ3n) is 4.50. The second-order valence-corrected chi connectivity index (χ2v) is 7.22. The molecule has 0 bridgehead atoms. The lowest BCUT2D eigenvalue weighted by molar-refractivity contribution is 0.111. The highest BCUT2D eigenvalue weighted by atomic mass is 32.1. The number of thiazole rings is 1. The van der Waals surface area contributed by atoms with E-state index in [1.54, 1.807) is 11.3 Å². The minimum atomic E-state index is 0.610. The predicted octanol–water partition coefficient (Wildman–Crippen LogP) is 5.47. The molecule has 0 saturated carbocycles. The Bertz CT molecular complexity index is 1090. The number of carbonyl (C=O) groups excluding carboxylic acids is 1. The molecule has 0 aliphatic heterocycles. The number of hydrogen-bond donors (Lipinski definition) is 0. The van der Waals surface area contributed by atoms with Crippen LogP contribution in [0.2, 0.25) is 0 Å². The van der Waals surface area contributed by atoms with Crippen molar-refractivity contribution in [2.45, 2.75) is 20.8 Å². The third-order valence-corrected chi connectivity index (χ3v) is 5.32. The van der Waals surface area contributed by atoms with Crippen molar-refractivity contribution in [2.75, 3.05) is 0 Å². The fourth-order valence-electron chi connectivity index (χ4n) is 3.19. The van der Waals surface area contributed by atoms with Gasteiger partial charge in [-0.3, -0.25) is 9.20 Å². The van der Waals surface area contributed by atoms with Gasteiger partial charge >= 0.3 is 0 Å². The second kappa shape index (κ2) is 5.97. The van der Waals surface area contributed by atoms with E-state index < -0.39 is 0 Å². The number of aldehydes is 1. The molecule has 2 heterocycles. The topological polar surface area (TPSA) is 34.4 Å². The van der Waals surface area contributed by atoms with E-state index in [1.807, 2.05) is 4.40 Å². The molecule has 0 aliphatic rings. The van der Waals surface area contributed by atoms with Gasteiger partial charge in [-0.15, -0.1) is 11.3 Å². The van der Waals surface area contributed by atoms with Crippen LogP contribution < -0.4 is 0 Å². The summed E-state index contributed by atoms with van der Waals surface area (Å²) >= 11 is 1.56. The van der Waals surface area contributed by atoms with Gasteiger partial charge in [0, 0.05) is 10.9 Å². The summed E-state index contributed by atoms with van der Waals surface area (Å²) in [6.07, 6.45) is 0.916. The van der Waals surface area contributed by atoms with Crippen LogP contribution in [0.5, 0.6) is 0 Å². The first-order valence-electron chi connectivity index (χ1n) is 8.18. The van der Waals surface area contributed by atoms with Gasteiger partial charge in [-0.2, -0.15) is 0 Å². The lowest BCUT2D eigenvalue weighted by atomic mass is 10.0. The first-order valence-corrected chi connectivity index (χ1v) is 9.06. The summed E-state index contributed by atoms with van der Waals surface area (Å²) in [5.41, 5.74) is 8.02. The first-order chi connectivity index (χ1) is 12.1. The summed E-state index contributed by atoms with van der Waals surface area (Å²) in [7, 11) is 0. The van der Waals surface area contributed by atoms with Crippen molar-refractivity contribution >= 4 is 22.6 Å². The number of fused-ring (bicyclic) bond motifs is 1. The van der Waals surface area contributed by atoms with Gasteiger partial charge in [-0.25, -0.2) is 4.98 Å². The van der Waals surface area contributed by atoms with Gasteiger partial charge in [0.2, 0.25) is 0 Å². The Balaban J connectivity index is 1.96. The van der Waals surface area contributed by atoms with Crippen molar-refractivity contribution < 1.29 is 4.79 Å². The van der Waals surface area contributed by atoms with Gasteiger partial charge in [0.25, 0.3) is 0 Å². The highest BCUT2D eigenvalue weighted by Gasteiger charge is 2.19. The number of carbonyl (C=O) groups is 1. The van der Waals surface area contributed by atoms with Crippen LogP contribution in [0.1, 0.15) is 27.2 Å². The van der Waals surface area contributed by atoms with Crippen molar-refractivity contribution in [1.82, 2.24) is 9.38 Å². The van der Waals surface area contributed by atoms with E-state index in [4.69, 9.17) is 4.98 Å². The molecule has 0 aliphatic carbocycles. The molecule has 0 amide bonds. The highest BCUT2D eigenvalue weighted by Crippen LogP contribution is 2.33. The quantitative estimate of drug-likeness (QED) is 0.461. The number of hydrogen-bond acceptors (Lipinski definition) is 3. The van der Waals surface area contributed by atoms with Crippen molar-refractivity contribution in [3.8, 4) is 22.5 Å². The van der Waals surface area contributed by atoms with Gasteiger partial charge in [-0.1, -0.05) is 53.6 Å². The zero-order valence-electron chi connectivity index (χ0n) is 14.4. The number of aromatic nitrogens is 2. The summed E-state index contributed by atoms with van der Waals surface area (Å²) < 4.78 is 1.97. The fourth-order valence-corrected chi connectivity index (χ4v) is 4.10. The van der Waals surface area contributed by atoms with Crippen LogP contribution >= 0.6 is 11.3 Å². The molecule has 4 rings (SSSR count). The second-order valence-electron chi connectivity index (χ2n) is 6.39. The summed E-state index contributed by atoms with van der Waals surface area (Å²) in [4.78, 5) is 17.5. The highest BCUT2D eigenvalue weighted by molar-refractivity contribution is 7.15. The van der Waals surface area contributed by atoms with Gasteiger partial charge in [0.15, 0.2) is 11.2 Å². The Morgan fingerprint density at radius 1 is 1.00 bits per heavy atom. The predicted molar refractivity (Wildman–Crippen MR) is 104 cm³/mol. The van der Waals surface area contributed by atoms with Crippen LogP contribution in [0.25, 0.3) is 27.5 Å². The molecular formula is C21H18N2OS. The Morgan fingerprint density at radius 3 is 2.40 bits per heavy atom. The molecule has 0 spiro atoms. The fraction of sp³-hybridized carbons (Fsp3) is 0.143. The van der Waals surface area contributed by atoms with Gasteiger partial charge in [0.05, 0.1) is 5.69 Å². The summed E-state index contributed by atoms with van der Waals surface area (Å²) in [5, 5.41) is 2.06. The van der Waals surface area contributed by atoms with Crippen LogP contribution in [0.4, 0.5) is 0 Å². The zero-order valence-corrected chi connectivity index (χ0v) is 15.2. The Morgan fingerprint density at radius 2 is 1.72 bits per heavy atom. The van der Waals surface area contributed by atoms with Crippen molar-refractivity contribution in [2.24, 2.45) is 0 Å². The van der Waals surface area contributed by atoms with Crippen LogP contribution in [0.15, 0.2) is 47.8 Å². The maximum Gasteiger partial charge on any atom is 0.195 e. The molecule has 0 atom stereocenters. The SMILES string of the molecule is Cc1ccc(-c2csc3nc(-c4ccc(C)cc4C)c(C=O)n23)cc1. The molecule has 0 radical (unpaired) electrons. The number of aryl methyl sites for hydroxylation is 3. The van der Waals surface area contributed by atoms with Crippen LogP contribution in [-0.2, 0) is 0 Å². The molecule has 0 saturated heterocycles. The lowest BCUT2D eigenvalue weighted by Crippen LogP contribution is -1.95. The maximum atomic E-state index is 11.9. The smallest absolute Gasteiger partial charge is 0.195 e. The summed E-state index contributed by atoms with van der Waals surface area (Å²) in [6.45, 7) is 6.20. The molecule has 2 aromatic carbocycles. The van der Waals surface area contributed by atoms with E-state index in [0.717, 1.165) is 39.3 Å². The average Bonchev–Trinajstić information content (AvgIpc) is 3.14. The maximum absolute atomic E-state index is 11.9. The number of imidazole rings is 1. The first kappa shape index (κ1) is 15.8. The van der Waals surface area contributed by atoms with E-state index in [0.29, 0.717) is 5.69 Å². The molecule has 0 unspecified atom stereocenters. The van der Waals surface area contributed by atoms with Crippen molar-refractivity contribution in [3.63, 3.8) is 0 Å². The van der Waals surface area contributed by atoms with Gasteiger partial charge in [-0.05, 0) is 31.9 Å². The number of nitrogens with zero attached hydrogens (tertiary/aromatic N) is 2. The normalized spacial score (nSPS) is 11.2. The van der Waals surface area contributed by atoms with E-state index >= 15 is 0 Å². The van der Waals surface area contributed by atoms with E-state index in [1.165, 1.54) is 11.1 Å². The molecular weight excluding hydrogens is 328 g/mol. The van der Waals surface area contributed by atoms with E-state index in [9.17, 15) is 4.79 Å². The minimum absolute atomic E-state index is 0.610. The van der Waals surface area contributed by atoms with E-state index in [-0.39, 0.29) is 0 Å². The standard InChI is InChI=1S/C21H18N2OS/c1-13-4-7-16(8-5-13)19-12-25-21-22-20(18(11-24)23(19)21)17-9-6-14(2)10-15(17)3/h4-12H,1-3H3. The summed E-state index contributed by atoms with van der Waals surface area (Å²) in [5.74, 6) is 0. The number of rotatable bonds is 3. The van der Waals surface area contributed by atoms with Crippen LogP contribution in [0.3, 0.4) is 0 Å². The van der Waals surface area contributed by atoms with Crippen molar-refractivity contribution in [1.29, 1.82) is 0 Å². The lowest BCUT2D eigenvalue weighted by Gasteiger charge is -2.06. The zero-order chi connectivity index (χ0) is 17.6. The Labute approximate surface area is 150 Å².